The number of hydrogen-bond acceptors (Lipinski definition) is 6. The van der Waals surface area contributed by atoms with Crippen LogP contribution >= 0.6 is 0 Å². The third-order valence-electron chi connectivity index (χ3n) is 4.50. The van der Waals surface area contributed by atoms with E-state index in [1.807, 2.05) is 20.8 Å². The van der Waals surface area contributed by atoms with Gasteiger partial charge in [-0.3, -0.25) is 0 Å². The van der Waals surface area contributed by atoms with Crippen molar-refractivity contribution in [3.63, 3.8) is 0 Å². The minimum absolute atomic E-state index is 0.233. The number of ether oxygens (including phenoxy) is 2. The third kappa shape index (κ3) is 2.97. The summed E-state index contributed by atoms with van der Waals surface area (Å²) in [7, 11) is 0. The molecule has 2 N–H and O–H groups in total. The summed E-state index contributed by atoms with van der Waals surface area (Å²) in [6.45, 7) is 5.51. The number of aliphatic hydroxyl groups is 2. The maximum atomic E-state index is 11.2. The van der Waals surface area contributed by atoms with Crippen LogP contribution in [0, 0.1) is 5.92 Å². The van der Waals surface area contributed by atoms with Gasteiger partial charge in [-0.25, -0.2) is 4.79 Å². The Bertz CT molecular complexity index is 765. The Morgan fingerprint density at radius 3 is 2.61 bits per heavy atom. The number of hydrogen-bond donors (Lipinski definition) is 2. The molecule has 0 aliphatic carbocycles. The Morgan fingerprint density at radius 1 is 1.13 bits per heavy atom. The molecule has 6 nitrogen and oxygen atoms in total. The van der Waals surface area contributed by atoms with Crippen molar-refractivity contribution in [2.24, 2.45) is 5.92 Å². The highest BCUT2D eigenvalue weighted by Crippen LogP contribution is 2.35. The van der Waals surface area contributed by atoms with E-state index in [9.17, 15) is 15.0 Å². The van der Waals surface area contributed by atoms with Gasteiger partial charge in [0.15, 0.2) is 0 Å². The lowest BCUT2D eigenvalue weighted by atomic mass is 9.82. The van der Waals surface area contributed by atoms with E-state index in [2.05, 4.69) is 0 Å². The van der Waals surface area contributed by atoms with Crippen LogP contribution in [0.4, 0.5) is 0 Å². The van der Waals surface area contributed by atoms with Crippen LogP contribution < -0.4 is 10.4 Å². The fourth-order valence-electron chi connectivity index (χ4n) is 2.70. The molecular weight excluding hydrogens is 300 g/mol. The summed E-state index contributed by atoms with van der Waals surface area (Å²) in [5, 5.41) is 21.1. The van der Waals surface area contributed by atoms with E-state index in [1.165, 1.54) is 6.07 Å². The fraction of sp³-hybridized carbons (Fsp3) is 0.471. The summed E-state index contributed by atoms with van der Waals surface area (Å²) >= 11 is 0. The standard InChI is InChI=1S/C17H20O6/c1-9-14(19)15(20)16(23-17(9,2)3)21-11-5-6-12-10(8-11)4-7-13(18)22-12/h4-9,14-16,19-20H,1-3H3/t9-,14+,15+,16?/m1/s1. The maximum absolute atomic E-state index is 11.2. The summed E-state index contributed by atoms with van der Waals surface area (Å²) < 4.78 is 16.6. The molecule has 1 unspecified atom stereocenters. The summed E-state index contributed by atoms with van der Waals surface area (Å²) in [4.78, 5) is 11.2. The van der Waals surface area contributed by atoms with Crippen molar-refractivity contribution in [1.82, 2.24) is 0 Å². The quantitative estimate of drug-likeness (QED) is 0.818. The van der Waals surface area contributed by atoms with Gasteiger partial charge in [0.05, 0.1) is 11.7 Å². The Labute approximate surface area is 133 Å². The highest BCUT2D eigenvalue weighted by atomic mass is 16.7. The van der Waals surface area contributed by atoms with E-state index >= 15 is 0 Å². The number of benzene rings is 1. The first-order valence-electron chi connectivity index (χ1n) is 7.52. The minimum atomic E-state index is -1.15. The second-order valence-electron chi connectivity index (χ2n) is 6.43. The van der Waals surface area contributed by atoms with Gasteiger partial charge in [-0.15, -0.1) is 0 Å². The van der Waals surface area contributed by atoms with Gasteiger partial charge in [0.25, 0.3) is 0 Å². The summed E-state index contributed by atoms with van der Waals surface area (Å²) in [6.07, 6.45) is -3.07. The van der Waals surface area contributed by atoms with E-state index in [-0.39, 0.29) is 5.92 Å². The molecule has 0 bridgehead atoms. The largest absolute Gasteiger partial charge is 0.462 e. The molecule has 6 heteroatoms. The molecule has 1 aromatic heterocycles. The van der Waals surface area contributed by atoms with Crippen molar-refractivity contribution in [2.75, 3.05) is 0 Å². The molecule has 1 aliphatic rings. The molecule has 0 saturated carbocycles. The molecule has 2 aromatic rings. The van der Waals surface area contributed by atoms with Crippen LogP contribution in [0.3, 0.4) is 0 Å². The third-order valence-corrected chi connectivity index (χ3v) is 4.50. The van der Waals surface area contributed by atoms with Crippen LogP contribution in [0.2, 0.25) is 0 Å². The van der Waals surface area contributed by atoms with E-state index in [0.717, 1.165) is 0 Å². The fourth-order valence-corrected chi connectivity index (χ4v) is 2.70. The molecule has 1 fully saturated rings. The summed E-state index contributed by atoms with van der Waals surface area (Å²) in [6, 6.07) is 7.88. The maximum Gasteiger partial charge on any atom is 0.336 e. The smallest absolute Gasteiger partial charge is 0.336 e. The monoisotopic (exact) mass is 320 g/mol. The molecule has 3 rings (SSSR count). The molecule has 23 heavy (non-hydrogen) atoms. The predicted octanol–water partition coefficient (Wildman–Crippen LogP) is 1.66. The predicted molar refractivity (Wildman–Crippen MR) is 83.2 cm³/mol. The van der Waals surface area contributed by atoms with Crippen molar-refractivity contribution in [1.29, 1.82) is 0 Å². The van der Waals surface area contributed by atoms with E-state index in [0.29, 0.717) is 16.7 Å². The van der Waals surface area contributed by atoms with Gasteiger partial charge in [-0.05, 0) is 38.1 Å². The van der Waals surface area contributed by atoms with E-state index in [1.54, 1.807) is 24.3 Å². The zero-order valence-corrected chi connectivity index (χ0v) is 13.2. The molecule has 0 amide bonds. The van der Waals surface area contributed by atoms with Gasteiger partial charge in [-0.2, -0.15) is 0 Å². The molecule has 1 aliphatic heterocycles. The molecule has 0 radical (unpaired) electrons. The zero-order chi connectivity index (χ0) is 16.8. The minimum Gasteiger partial charge on any atom is -0.462 e. The molecule has 2 heterocycles. The Morgan fingerprint density at radius 2 is 1.87 bits per heavy atom. The van der Waals surface area contributed by atoms with Crippen LogP contribution in [-0.4, -0.2) is 34.3 Å². The van der Waals surface area contributed by atoms with Crippen LogP contribution in [0.25, 0.3) is 11.0 Å². The van der Waals surface area contributed by atoms with Gasteiger partial charge >= 0.3 is 5.63 Å². The molecular formula is C17H20O6. The van der Waals surface area contributed by atoms with Crippen molar-refractivity contribution >= 4 is 11.0 Å². The first kappa shape index (κ1) is 16.0. The van der Waals surface area contributed by atoms with Crippen molar-refractivity contribution in [3.8, 4) is 5.75 Å². The SMILES string of the molecule is C[C@@H]1[C@H](O)[C@H](O)C(Oc2ccc3oc(=O)ccc3c2)OC1(C)C. The van der Waals surface area contributed by atoms with Gasteiger partial charge < -0.3 is 24.1 Å². The lowest BCUT2D eigenvalue weighted by Gasteiger charge is -2.46. The topological polar surface area (TPSA) is 89.1 Å². The van der Waals surface area contributed by atoms with Gasteiger partial charge in [0, 0.05) is 17.4 Å². The van der Waals surface area contributed by atoms with Crippen LogP contribution in [0.5, 0.6) is 5.75 Å². The Kier molecular flexibility index (Phi) is 3.91. The highest BCUT2D eigenvalue weighted by Gasteiger charge is 2.47. The average molecular weight is 320 g/mol. The highest BCUT2D eigenvalue weighted by molar-refractivity contribution is 5.77. The van der Waals surface area contributed by atoms with E-state index in [4.69, 9.17) is 13.9 Å². The van der Waals surface area contributed by atoms with Crippen LogP contribution in [-0.2, 0) is 4.74 Å². The first-order valence-corrected chi connectivity index (χ1v) is 7.52. The zero-order valence-electron chi connectivity index (χ0n) is 13.2. The molecule has 1 saturated heterocycles. The average Bonchev–Trinajstić information content (AvgIpc) is 2.50. The summed E-state index contributed by atoms with van der Waals surface area (Å²) in [5.41, 5.74) is -0.604. The Hall–Kier alpha value is -1.89. The molecule has 124 valence electrons. The number of fused-ring (bicyclic) bond motifs is 1. The molecule has 0 spiro atoms. The number of aliphatic hydroxyl groups excluding tert-OH is 2. The Balaban J connectivity index is 1.86. The summed E-state index contributed by atoms with van der Waals surface area (Å²) in [5.74, 6) is 0.219. The lowest BCUT2D eigenvalue weighted by molar-refractivity contribution is -0.284. The molecule has 1 aromatic carbocycles. The van der Waals surface area contributed by atoms with Crippen LogP contribution in [0.15, 0.2) is 39.5 Å². The molecule has 4 atom stereocenters. The normalized spacial score (nSPS) is 30.3. The van der Waals surface area contributed by atoms with Crippen LogP contribution in [0.1, 0.15) is 20.8 Å². The van der Waals surface area contributed by atoms with Gasteiger partial charge in [0.1, 0.15) is 17.4 Å². The van der Waals surface area contributed by atoms with E-state index < -0.39 is 29.7 Å². The van der Waals surface area contributed by atoms with Crippen molar-refractivity contribution < 1.29 is 24.1 Å². The second-order valence-corrected chi connectivity index (χ2v) is 6.43. The van der Waals surface area contributed by atoms with Crippen molar-refractivity contribution in [2.45, 2.75) is 44.9 Å². The van der Waals surface area contributed by atoms with Crippen molar-refractivity contribution in [3.05, 3.63) is 40.8 Å². The number of rotatable bonds is 2. The first-order chi connectivity index (χ1) is 10.8. The second kappa shape index (κ2) is 5.63. The van der Waals surface area contributed by atoms with Gasteiger partial charge in [-0.1, -0.05) is 6.92 Å². The lowest BCUT2D eigenvalue weighted by Crippen LogP contribution is -2.59. The van der Waals surface area contributed by atoms with Gasteiger partial charge in [0.2, 0.25) is 6.29 Å².